The SMILES string of the molecule is CC(C)(C)NC1CN(C(=O)O)C1. The van der Waals surface area contributed by atoms with E-state index in [0.29, 0.717) is 19.1 Å². The molecule has 0 spiro atoms. The van der Waals surface area contributed by atoms with Crippen LogP contribution in [0.3, 0.4) is 0 Å². The molecule has 1 rings (SSSR count). The van der Waals surface area contributed by atoms with Crippen molar-refractivity contribution < 1.29 is 9.90 Å². The molecular weight excluding hydrogens is 156 g/mol. The second kappa shape index (κ2) is 2.94. The first kappa shape index (κ1) is 9.32. The van der Waals surface area contributed by atoms with Crippen molar-refractivity contribution in [2.75, 3.05) is 13.1 Å². The van der Waals surface area contributed by atoms with Crippen molar-refractivity contribution in [3.05, 3.63) is 0 Å². The molecule has 12 heavy (non-hydrogen) atoms. The van der Waals surface area contributed by atoms with Gasteiger partial charge in [-0.05, 0) is 20.8 Å². The number of nitrogens with one attached hydrogen (secondary N) is 1. The second-order valence-electron chi connectivity index (χ2n) is 4.28. The quantitative estimate of drug-likeness (QED) is 0.613. The van der Waals surface area contributed by atoms with Gasteiger partial charge in [0.2, 0.25) is 0 Å². The Bertz CT molecular complexity index is 180. The van der Waals surface area contributed by atoms with E-state index < -0.39 is 6.09 Å². The Hall–Kier alpha value is -0.770. The van der Waals surface area contributed by atoms with Gasteiger partial charge in [0.25, 0.3) is 0 Å². The summed E-state index contributed by atoms with van der Waals surface area (Å²) >= 11 is 0. The van der Waals surface area contributed by atoms with Crippen molar-refractivity contribution in [1.82, 2.24) is 10.2 Å². The molecule has 2 N–H and O–H groups in total. The molecule has 0 atom stereocenters. The van der Waals surface area contributed by atoms with Crippen LogP contribution < -0.4 is 5.32 Å². The molecule has 1 heterocycles. The maximum absolute atomic E-state index is 10.4. The Kier molecular flexibility index (Phi) is 2.28. The number of likely N-dealkylation sites (tertiary alicyclic amines) is 1. The lowest BCUT2D eigenvalue weighted by Gasteiger charge is -2.41. The van der Waals surface area contributed by atoms with Crippen LogP contribution in [0.1, 0.15) is 20.8 Å². The summed E-state index contributed by atoms with van der Waals surface area (Å²) in [6.45, 7) is 7.47. The molecule has 0 aromatic carbocycles. The zero-order valence-corrected chi connectivity index (χ0v) is 7.79. The highest BCUT2D eigenvalue weighted by molar-refractivity contribution is 5.66. The van der Waals surface area contributed by atoms with E-state index in [4.69, 9.17) is 5.11 Å². The van der Waals surface area contributed by atoms with Crippen molar-refractivity contribution >= 4 is 6.09 Å². The Morgan fingerprint density at radius 3 is 2.33 bits per heavy atom. The summed E-state index contributed by atoms with van der Waals surface area (Å²) in [5.41, 5.74) is 0.0786. The maximum Gasteiger partial charge on any atom is 0.407 e. The molecule has 1 saturated heterocycles. The number of rotatable bonds is 1. The minimum Gasteiger partial charge on any atom is -0.465 e. The van der Waals surface area contributed by atoms with E-state index in [2.05, 4.69) is 26.1 Å². The fraction of sp³-hybridized carbons (Fsp3) is 0.875. The van der Waals surface area contributed by atoms with E-state index in [1.165, 1.54) is 4.90 Å². The first-order valence-corrected chi connectivity index (χ1v) is 4.14. The Labute approximate surface area is 72.6 Å². The summed E-state index contributed by atoms with van der Waals surface area (Å²) in [7, 11) is 0. The molecule has 1 fully saturated rings. The van der Waals surface area contributed by atoms with Crippen molar-refractivity contribution in [2.45, 2.75) is 32.4 Å². The van der Waals surface area contributed by atoms with Crippen LogP contribution in [0.25, 0.3) is 0 Å². The van der Waals surface area contributed by atoms with Crippen LogP contribution in [0.2, 0.25) is 0 Å². The molecule has 0 unspecified atom stereocenters. The monoisotopic (exact) mass is 172 g/mol. The number of nitrogens with zero attached hydrogens (tertiary/aromatic N) is 1. The summed E-state index contributed by atoms with van der Waals surface area (Å²) in [4.78, 5) is 11.8. The second-order valence-corrected chi connectivity index (χ2v) is 4.28. The van der Waals surface area contributed by atoms with E-state index >= 15 is 0 Å². The molecule has 0 saturated carbocycles. The fourth-order valence-electron chi connectivity index (χ4n) is 1.34. The summed E-state index contributed by atoms with van der Waals surface area (Å²) in [5, 5.41) is 11.9. The van der Waals surface area contributed by atoms with Crippen LogP contribution in [-0.2, 0) is 0 Å². The molecule has 0 aromatic rings. The van der Waals surface area contributed by atoms with Crippen LogP contribution >= 0.6 is 0 Å². The highest BCUT2D eigenvalue weighted by Gasteiger charge is 2.32. The lowest BCUT2D eigenvalue weighted by molar-refractivity contribution is 0.0869. The van der Waals surface area contributed by atoms with Gasteiger partial charge in [-0.2, -0.15) is 0 Å². The summed E-state index contributed by atoms with van der Waals surface area (Å²) in [6.07, 6.45) is -0.818. The van der Waals surface area contributed by atoms with Crippen molar-refractivity contribution in [3.8, 4) is 0 Å². The smallest absolute Gasteiger partial charge is 0.407 e. The van der Waals surface area contributed by atoms with Crippen LogP contribution in [-0.4, -0.2) is 40.8 Å². The van der Waals surface area contributed by atoms with E-state index in [9.17, 15) is 4.79 Å². The third kappa shape index (κ3) is 2.37. The molecule has 1 amide bonds. The van der Waals surface area contributed by atoms with Gasteiger partial charge in [0, 0.05) is 24.7 Å². The molecule has 4 heteroatoms. The van der Waals surface area contributed by atoms with Crippen LogP contribution in [0.5, 0.6) is 0 Å². The average molecular weight is 172 g/mol. The molecule has 4 nitrogen and oxygen atoms in total. The first-order chi connectivity index (χ1) is 5.38. The van der Waals surface area contributed by atoms with Gasteiger partial charge in [0.15, 0.2) is 0 Å². The number of amides is 1. The topological polar surface area (TPSA) is 52.6 Å². The maximum atomic E-state index is 10.4. The van der Waals surface area contributed by atoms with Crippen molar-refractivity contribution in [2.24, 2.45) is 0 Å². The van der Waals surface area contributed by atoms with Gasteiger partial charge in [0.05, 0.1) is 0 Å². The van der Waals surface area contributed by atoms with Crippen LogP contribution in [0.15, 0.2) is 0 Å². The Balaban J connectivity index is 2.22. The zero-order valence-electron chi connectivity index (χ0n) is 7.79. The fourth-order valence-corrected chi connectivity index (χ4v) is 1.34. The number of hydrogen-bond acceptors (Lipinski definition) is 2. The molecular formula is C8H16N2O2. The van der Waals surface area contributed by atoms with Crippen molar-refractivity contribution in [1.29, 1.82) is 0 Å². The largest absolute Gasteiger partial charge is 0.465 e. The zero-order chi connectivity index (χ0) is 9.35. The summed E-state index contributed by atoms with van der Waals surface area (Å²) < 4.78 is 0. The van der Waals surface area contributed by atoms with Crippen molar-refractivity contribution in [3.63, 3.8) is 0 Å². The summed E-state index contributed by atoms with van der Waals surface area (Å²) in [5.74, 6) is 0. The van der Waals surface area contributed by atoms with Crippen LogP contribution in [0, 0.1) is 0 Å². The lowest BCUT2D eigenvalue weighted by atomic mass is 10.0. The van der Waals surface area contributed by atoms with E-state index in [1.54, 1.807) is 0 Å². The Morgan fingerprint density at radius 1 is 1.50 bits per heavy atom. The Morgan fingerprint density at radius 2 is 2.00 bits per heavy atom. The van der Waals surface area contributed by atoms with Gasteiger partial charge in [-0.3, -0.25) is 0 Å². The predicted molar refractivity (Wildman–Crippen MR) is 46.3 cm³/mol. The molecule has 0 bridgehead atoms. The summed E-state index contributed by atoms with van der Waals surface area (Å²) in [6, 6.07) is 0.334. The number of hydrogen-bond donors (Lipinski definition) is 2. The van der Waals surface area contributed by atoms with Gasteiger partial charge < -0.3 is 15.3 Å². The van der Waals surface area contributed by atoms with Gasteiger partial charge >= 0.3 is 6.09 Å². The average Bonchev–Trinajstić information content (AvgIpc) is 1.74. The van der Waals surface area contributed by atoms with Gasteiger partial charge in [-0.25, -0.2) is 4.79 Å². The van der Waals surface area contributed by atoms with Gasteiger partial charge in [0.1, 0.15) is 0 Å². The standard InChI is InChI=1S/C8H16N2O2/c1-8(2,3)9-6-4-10(5-6)7(11)12/h6,9H,4-5H2,1-3H3,(H,11,12). The van der Waals surface area contributed by atoms with E-state index in [-0.39, 0.29) is 5.54 Å². The molecule has 0 aromatic heterocycles. The normalized spacial score (nSPS) is 19.1. The lowest BCUT2D eigenvalue weighted by Crippen LogP contribution is -2.63. The minimum absolute atomic E-state index is 0.0786. The van der Waals surface area contributed by atoms with Gasteiger partial charge in [-0.1, -0.05) is 0 Å². The number of carboxylic acid groups (broad SMARTS) is 1. The molecule has 0 aliphatic carbocycles. The third-order valence-electron chi connectivity index (χ3n) is 1.79. The third-order valence-corrected chi connectivity index (χ3v) is 1.79. The number of carbonyl (C=O) groups is 1. The minimum atomic E-state index is -0.818. The molecule has 1 aliphatic rings. The van der Waals surface area contributed by atoms with E-state index in [1.807, 2.05) is 0 Å². The molecule has 70 valence electrons. The molecule has 0 radical (unpaired) electrons. The highest BCUT2D eigenvalue weighted by atomic mass is 16.4. The first-order valence-electron chi connectivity index (χ1n) is 4.14. The highest BCUT2D eigenvalue weighted by Crippen LogP contribution is 2.11. The van der Waals surface area contributed by atoms with Gasteiger partial charge in [-0.15, -0.1) is 0 Å². The van der Waals surface area contributed by atoms with E-state index in [0.717, 1.165) is 0 Å². The predicted octanol–water partition coefficient (Wildman–Crippen LogP) is 0.737. The molecule has 1 aliphatic heterocycles. The van der Waals surface area contributed by atoms with Crippen LogP contribution in [0.4, 0.5) is 4.79 Å².